The molecule has 108 valence electrons. The predicted molar refractivity (Wildman–Crippen MR) is 86.3 cm³/mol. The Kier molecular flexibility index (Phi) is 4.07. The number of fused-ring (bicyclic) bond motifs is 1. The molecule has 0 radical (unpaired) electrons. The summed E-state index contributed by atoms with van der Waals surface area (Å²) in [4.78, 5) is 0.122. The third-order valence-electron chi connectivity index (χ3n) is 2.73. The van der Waals surface area contributed by atoms with Gasteiger partial charge in [-0.05, 0) is 0 Å². The molecule has 21 heavy (non-hydrogen) atoms. The van der Waals surface area contributed by atoms with E-state index in [1.165, 1.54) is 18.2 Å². The zero-order valence-corrected chi connectivity index (χ0v) is 15.1. The number of anilines is 1. The first-order valence-electron chi connectivity index (χ1n) is 5.66. The molecule has 3 rings (SSSR count). The van der Waals surface area contributed by atoms with Crippen molar-refractivity contribution in [3.63, 3.8) is 0 Å². The Morgan fingerprint density at radius 2 is 2.00 bits per heavy atom. The minimum atomic E-state index is -3.71. The van der Waals surface area contributed by atoms with Crippen LogP contribution in [0.5, 0.6) is 0 Å². The summed E-state index contributed by atoms with van der Waals surface area (Å²) in [6, 6.07) is 9.66. The predicted octanol–water partition coefficient (Wildman–Crippen LogP) is 4.25. The molecule has 9 heteroatoms. The fourth-order valence-corrected chi connectivity index (χ4v) is 4.63. The van der Waals surface area contributed by atoms with Crippen LogP contribution in [0.25, 0.3) is 0 Å². The fourth-order valence-electron chi connectivity index (χ4n) is 1.74. The van der Waals surface area contributed by atoms with Gasteiger partial charge in [0.15, 0.2) is 0 Å². The molecule has 1 aliphatic heterocycles. The summed E-state index contributed by atoms with van der Waals surface area (Å²) >= 11 is 8.88. The summed E-state index contributed by atoms with van der Waals surface area (Å²) < 4.78 is 36.4. The number of nitrogens with one attached hydrogen (secondary N) is 1. The Balaban J connectivity index is 1.99. The summed E-state index contributed by atoms with van der Waals surface area (Å²) in [6.07, 6.45) is 0. The summed E-state index contributed by atoms with van der Waals surface area (Å²) in [7, 11) is -3.71. The van der Waals surface area contributed by atoms with Crippen molar-refractivity contribution in [1.82, 2.24) is 0 Å². The SMILES string of the molecule is O=S(=O)(Nc1cccc2c1N=[Se]=N2)c1ccc(Cl)c(Br)c1. The van der Waals surface area contributed by atoms with Crippen molar-refractivity contribution < 1.29 is 8.42 Å². The molecule has 5 nitrogen and oxygen atoms in total. The van der Waals surface area contributed by atoms with Gasteiger partial charge in [-0.1, -0.05) is 0 Å². The van der Waals surface area contributed by atoms with Crippen LogP contribution >= 0.6 is 27.5 Å². The van der Waals surface area contributed by atoms with E-state index in [4.69, 9.17) is 11.6 Å². The number of sulfonamides is 1. The number of hydrogen-bond acceptors (Lipinski definition) is 4. The Morgan fingerprint density at radius 1 is 1.19 bits per heavy atom. The van der Waals surface area contributed by atoms with E-state index >= 15 is 0 Å². The molecular weight excluding hydrogens is 445 g/mol. The van der Waals surface area contributed by atoms with Gasteiger partial charge in [0, 0.05) is 0 Å². The van der Waals surface area contributed by atoms with Gasteiger partial charge >= 0.3 is 141 Å². The van der Waals surface area contributed by atoms with Gasteiger partial charge in [-0.3, -0.25) is 0 Å². The topological polar surface area (TPSA) is 70.9 Å². The van der Waals surface area contributed by atoms with E-state index in [0.29, 0.717) is 26.6 Å². The zero-order valence-electron chi connectivity index (χ0n) is 10.2. The number of benzene rings is 2. The standard InChI is InChI=1S/C12H7BrClN3O2SSe/c13-8-6-7(4-5-9(8)14)20(18,19)15-10-2-1-3-11-12(10)17-21-16-11/h1-6,15H. The summed E-state index contributed by atoms with van der Waals surface area (Å²) in [6.45, 7) is 0. The van der Waals surface area contributed by atoms with Crippen molar-refractivity contribution in [3.05, 3.63) is 45.9 Å². The van der Waals surface area contributed by atoms with E-state index in [2.05, 4.69) is 28.6 Å². The molecule has 0 aromatic heterocycles. The second kappa shape index (κ2) is 5.70. The molecule has 0 atom stereocenters. The third-order valence-corrected chi connectivity index (χ3v) is 6.45. The number of hydrogen-bond donors (Lipinski definition) is 1. The molecule has 0 spiro atoms. The Morgan fingerprint density at radius 3 is 2.76 bits per heavy atom. The third kappa shape index (κ3) is 3.00. The van der Waals surface area contributed by atoms with E-state index in [1.54, 1.807) is 12.1 Å². The number of halogens is 2. The molecule has 0 aliphatic carbocycles. The second-order valence-electron chi connectivity index (χ2n) is 4.12. The average Bonchev–Trinajstić information content (AvgIpc) is 2.91. The van der Waals surface area contributed by atoms with Gasteiger partial charge in [0.25, 0.3) is 0 Å². The van der Waals surface area contributed by atoms with E-state index < -0.39 is 10.0 Å². The molecule has 2 aromatic carbocycles. The van der Waals surface area contributed by atoms with Crippen LogP contribution in [0.2, 0.25) is 5.02 Å². The molecule has 2 aromatic rings. The quantitative estimate of drug-likeness (QED) is 0.605. The molecule has 1 aliphatic rings. The van der Waals surface area contributed by atoms with Crippen molar-refractivity contribution in [2.24, 2.45) is 7.92 Å². The number of nitrogens with zero attached hydrogens (tertiary/aromatic N) is 2. The van der Waals surface area contributed by atoms with Gasteiger partial charge in [-0.15, -0.1) is 0 Å². The maximum absolute atomic E-state index is 12.4. The van der Waals surface area contributed by atoms with Crippen LogP contribution in [0, 0.1) is 0 Å². The van der Waals surface area contributed by atoms with Gasteiger partial charge in [0.2, 0.25) is 0 Å². The molecule has 0 bridgehead atoms. The molecule has 0 amide bonds. The van der Waals surface area contributed by atoms with Crippen molar-refractivity contribution in [2.75, 3.05) is 4.72 Å². The van der Waals surface area contributed by atoms with Gasteiger partial charge in [0.1, 0.15) is 0 Å². The summed E-state index contributed by atoms with van der Waals surface area (Å²) in [5, 5.41) is 0.450. The first kappa shape index (κ1) is 15.0. The van der Waals surface area contributed by atoms with Crippen molar-refractivity contribution in [3.8, 4) is 0 Å². The molecule has 1 heterocycles. The molecule has 1 N–H and O–H groups in total. The molecular formula is C12H7BrClN3O2SSe. The van der Waals surface area contributed by atoms with Crippen LogP contribution in [0.1, 0.15) is 0 Å². The van der Waals surface area contributed by atoms with Crippen LogP contribution in [0.4, 0.5) is 17.1 Å². The van der Waals surface area contributed by atoms with Crippen LogP contribution in [-0.2, 0) is 10.0 Å². The van der Waals surface area contributed by atoms with Crippen LogP contribution in [0.3, 0.4) is 0 Å². The van der Waals surface area contributed by atoms with E-state index in [1.807, 2.05) is 6.07 Å². The maximum atomic E-state index is 12.4. The normalized spacial score (nSPS) is 12.9. The first-order valence-corrected chi connectivity index (χ1v) is 9.85. The Labute approximate surface area is 140 Å². The molecule has 0 saturated heterocycles. The average molecular weight is 452 g/mol. The van der Waals surface area contributed by atoms with Gasteiger partial charge in [0.05, 0.1) is 0 Å². The van der Waals surface area contributed by atoms with Crippen molar-refractivity contribution in [1.29, 1.82) is 0 Å². The second-order valence-corrected chi connectivity index (χ2v) is 8.17. The van der Waals surface area contributed by atoms with Gasteiger partial charge < -0.3 is 0 Å². The van der Waals surface area contributed by atoms with Crippen LogP contribution in [-0.4, -0.2) is 23.0 Å². The van der Waals surface area contributed by atoms with E-state index in [9.17, 15) is 8.42 Å². The van der Waals surface area contributed by atoms with Crippen LogP contribution < -0.4 is 4.72 Å². The fraction of sp³-hybridized carbons (Fsp3) is 0. The minimum absolute atomic E-state index is 0.122. The van der Waals surface area contributed by atoms with E-state index in [0.717, 1.165) is 0 Å². The Bertz CT molecular complexity index is 911. The molecule has 0 saturated carbocycles. The van der Waals surface area contributed by atoms with Gasteiger partial charge in [-0.2, -0.15) is 0 Å². The zero-order chi connectivity index (χ0) is 15.0. The summed E-state index contributed by atoms with van der Waals surface area (Å²) in [5.74, 6) is 0. The summed E-state index contributed by atoms with van der Waals surface area (Å²) in [5.41, 5.74) is 1.74. The molecule has 0 fully saturated rings. The Hall–Kier alpha value is -0.921. The molecule has 0 unspecified atom stereocenters. The van der Waals surface area contributed by atoms with Crippen LogP contribution in [0.15, 0.2) is 53.7 Å². The van der Waals surface area contributed by atoms with Crippen molar-refractivity contribution in [2.45, 2.75) is 4.90 Å². The first-order chi connectivity index (χ1) is 9.97. The van der Waals surface area contributed by atoms with Gasteiger partial charge in [-0.25, -0.2) is 0 Å². The van der Waals surface area contributed by atoms with Crippen molar-refractivity contribution >= 4 is 69.2 Å². The van der Waals surface area contributed by atoms with E-state index in [-0.39, 0.29) is 19.5 Å². The number of rotatable bonds is 3. The monoisotopic (exact) mass is 451 g/mol.